The number of carboxylic acid groups (broad SMARTS) is 1. The van der Waals surface area contributed by atoms with E-state index in [0.29, 0.717) is 0 Å². The van der Waals surface area contributed by atoms with E-state index in [-0.39, 0.29) is 11.3 Å². The fourth-order valence-electron chi connectivity index (χ4n) is 1.40. The van der Waals surface area contributed by atoms with Crippen molar-refractivity contribution in [1.82, 2.24) is 0 Å². The lowest BCUT2D eigenvalue weighted by atomic mass is 10.1. The fourth-order valence-corrected chi connectivity index (χ4v) is 1.40. The third-order valence-corrected chi connectivity index (χ3v) is 2.25. The number of hydrogen-bond acceptors (Lipinski definition) is 3. The highest BCUT2D eigenvalue weighted by Gasteiger charge is 2.19. The molecule has 1 aromatic carbocycles. The van der Waals surface area contributed by atoms with Crippen LogP contribution >= 0.6 is 0 Å². The van der Waals surface area contributed by atoms with E-state index in [1.807, 2.05) is 0 Å². The lowest BCUT2D eigenvalue weighted by molar-refractivity contribution is 0.0634. The number of carbonyl (C=O) groups is 2. The lowest BCUT2D eigenvalue weighted by Crippen LogP contribution is -2.27. The molecule has 0 unspecified atom stereocenters. The molecule has 19 heavy (non-hydrogen) atoms. The van der Waals surface area contributed by atoms with Crippen LogP contribution in [0.25, 0.3) is 0 Å². The molecular weight excluding hydrogens is 253 g/mol. The van der Waals surface area contributed by atoms with E-state index in [4.69, 9.17) is 9.84 Å². The number of carbonyl (C=O) groups excluding carboxylic acids is 1. The molecule has 0 bridgehead atoms. The zero-order valence-electron chi connectivity index (χ0n) is 11.2. The molecule has 1 aromatic rings. The fraction of sp³-hybridized carbons (Fsp3) is 0.385. The number of halogens is 1. The predicted molar refractivity (Wildman–Crippen MR) is 68.0 cm³/mol. The summed E-state index contributed by atoms with van der Waals surface area (Å²) in [5.74, 6) is -2.23. The summed E-state index contributed by atoms with van der Waals surface area (Å²) in [4.78, 5) is 22.3. The van der Waals surface area contributed by atoms with Gasteiger partial charge in [-0.05, 0) is 39.8 Å². The summed E-state index contributed by atoms with van der Waals surface area (Å²) in [6, 6.07) is 2.42. The van der Waals surface area contributed by atoms with Gasteiger partial charge < -0.3 is 9.84 Å². The van der Waals surface area contributed by atoms with Crippen LogP contribution in [-0.2, 0) is 4.74 Å². The molecule has 0 atom stereocenters. The summed E-state index contributed by atoms with van der Waals surface area (Å²) in [6.07, 6.45) is -0.724. The van der Waals surface area contributed by atoms with Crippen LogP contribution in [-0.4, -0.2) is 22.8 Å². The molecule has 0 aliphatic heterocycles. The largest absolute Gasteiger partial charge is 0.478 e. The summed E-state index contributed by atoms with van der Waals surface area (Å²) >= 11 is 0. The topological polar surface area (TPSA) is 75.6 Å². The molecule has 0 radical (unpaired) electrons. The maximum absolute atomic E-state index is 13.7. The minimum absolute atomic E-state index is 0.0470. The van der Waals surface area contributed by atoms with Gasteiger partial charge in [0.1, 0.15) is 11.4 Å². The average molecular weight is 269 g/mol. The average Bonchev–Trinajstić information content (AvgIpc) is 2.21. The maximum Gasteiger partial charge on any atom is 0.412 e. The minimum Gasteiger partial charge on any atom is -0.478 e. The van der Waals surface area contributed by atoms with Crippen LogP contribution in [0.2, 0.25) is 0 Å². The molecule has 2 N–H and O–H groups in total. The van der Waals surface area contributed by atoms with Crippen molar-refractivity contribution in [2.45, 2.75) is 33.3 Å². The molecule has 1 amide bonds. The van der Waals surface area contributed by atoms with Crippen molar-refractivity contribution in [2.75, 3.05) is 5.32 Å². The van der Waals surface area contributed by atoms with Crippen LogP contribution in [0.4, 0.5) is 14.9 Å². The van der Waals surface area contributed by atoms with Gasteiger partial charge in [0.15, 0.2) is 0 Å². The Kier molecular flexibility index (Phi) is 4.14. The minimum atomic E-state index is -1.36. The van der Waals surface area contributed by atoms with E-state index >= 15 is 0 Å². The predicted octanol–water partition coefficient (Wildman–Crippen LogP) is 3.18. The molecule has 0 spiro atoms. The third-order valence-electron chi connectivity index (χ3n) is 2.25. The molecule has 0 aromatic heterocycles. The molecule has 6 heteroatoms. The third kappa shape index (κ3) is 3.94. The summed E-state index contributed by atoms with van der Waals surface area (Å²) in [5, 5.41) is 11.1. The number of aromatic carboxylic acids is 1. The monoisotopic (exact) mass is 269 g/mol. The molecule has 0 heterocycles. The van der Waals surface area contributed by atoms with Gasteiger partial charge in [-0.1, -0.05) is 0 Å². The van der Waals surface area contributed by atoms with Gasteiger partial charge in [-0.25, -0.2) is 14.0 Å². The summed E-state index contributed by atoms with van der Waals surface area (Å²) in [7, 11) is 0. The number of benzene rings is 1. The Labute approximate surface area is 110 Å². The van der Waals surface area contributed by atoms with Gasteiger partial charge in [-0.2, -0.15) is 0 Å². The SMILES string of the molecule is Cc1c(NC(=O)OC(C)(C)C)ccc(C(=O)O)c1F. The molecule has 0 aliphatic carbocycles. The molecule has 1 rings (SSSR count). The van der Waals surface area contributed by atoms with Crippen LogP contribution in [0.5, 0.6) is 0 Å². The Hall–Kier alpha value is -2.11. The van der Waals surface area contributed by atoms with E-state index in [2.05, 4.69) is 5.32 Å². The molecule has 0 aliphatic rings. The van der Waals surface area contributed by atoms with Gasteiger partial charge >= 0.3 is 12.1 Å². The second kappa shape index (κ2) is 5.26. The van der Waals surface area contributed by atoms with Crippen molar-refractivity contribution in [2.24, 2.45) is 0 Å². The Morgan fingerprint density at radius 3 is 2.37 bits per heavy atom. The van der Waals surface area contributed by atoms with Crippen LogP contribution < -0.4 is 5.32 Å². The Morgan fingerprint density at radius 2 is 1.89 bits per heavy atom. The first-order valence-electron chi connectivity index (χ1n) is 5.64. The van der Waals surface area contributed by atoms with E-state index in [1.54, 1.807) is 20.8 Å². The van der Waals surface area contributed by atoms with E-state index < -0.39 is 29.0 Å². The normalized spacial score (nSPS) is 11.0. The van der Waals surface area contributed by atoms with Crippen molar-refractivity contribution in [3.63, 3.8) is 0 Å². The summed E-state index contributed by atoms with van der Waals surface area (Å²) in [6.45, 7) is 6.49. The standard InChI is InChI=1S/C13H16FNO4/c1-7-9(15-12(18)19-13(2,3)4)6-5-8(10(7)14)11(16)17/h5-6H,1-4H3,(H,15,18)(H,16,17). The first-order chi connectivity index (χ1) is 8.61. The Bertz CT molecular complexity index is 520. The Balaban J connectivity index is 2.95. The Morgan fingerprint density at radius 1 is 1.32 bits per heavy atom. The smallest absolute Gasteiger partial charge is 0.412 e. The lowest BCUT2D eigenvalue weighted by Gasteiger charge is -2.20. The van der Waals surface area contributed by atoms with Gasteiger partial charge in [0.25, 0.3) is 0 Å². The molecular formula is C13H16FNO4. The molecule has 0 fully saturated rings. The van der Waals surface area contributed by atoms with E-state index in [0.717, 1.165) is 6.07 Å². The maximum atomic E-state index is 13.7. The van der Waals surface area contributed by atoms with Crippen molar-refractivity contribution >= 4 is 17.7 Å². The van der Waals surface area contributed by atoms with Crippen molar-refractivity contribution < 1.29 is 23.8 Å². The highest BCUT2D eigenvalue weighted by atomic mass is 19.1. The van der Waals surface area contributed by atoms with Crippen molar-refractivity contribution in [1.29, 1.82) is 0 Å². The van der Waals surface area contributed by atoms with Crippen LogP contribution in [0.3, 0.4) is 0 Å². The zero-order chi connectivity index (χ0) is 14.8. The number of rotatable bonds is 2. The van der Waals surface area contributed by atoms with Gasteiger partial charge in [0, 0.05) is 11.3 Å². The molecule has 0 saturated carbocycles. The second-order valence-corrected chi connectivity index (χ2v) is 5.03. The highest BCUT2D eigenvalue weighted by molar-refractivity contribution is 5.91. The molecule has 0 saturated heterocycles. The zero-order valence-corrected chi connectivity index (χ0v) is 11.2. The quantitative estimate of drug-likeness (QED) is 0.864. The van der Waals surface area contributed by atoms with Crippen LogP contribution in [0, 0.1) is 12.7 Å². The van der Waals surface area contributed by atoms with E-state index in [9.17, 15) is 14.0 Å². The van der Waals surface area contributed by atoms with E-state index in [1.165, 1.54) is 13.0 Å². The number of nitrogens with one attached hydrogen (secondary N) is 1. The van der Waals surface area contributed by atoms with Gasteiger partial charge in [-0.15, -0.1) is 0 Å². The summed E-state index contributed by atoms with van der Waals surface area (Å²) in [5.41, 5.74) is -0.882. The number of anilines is 1. The number of amides is 1. The van der Waals surface area contributed by atoms with Crippen LogP contribution in [0.1, 0.15) is 36.7 Å². The van der Waals surface area contributed by atoms with Crippen molar-refractivity contribution in [3.05, 3.63) is 29.1 Å². The number of hydrogen-bond donors (Lipinski definition) is 2. The van der Waals surface area contributed by atoms with Gasteiger partial charge in [0.2, 0.25) is 0 Å². The molecule has 5 nitrogen and oxygen atoms in total. The number of ether oxygens (including phenoxy) is 1. The number of carboxylic acids is 1. The van der Waals surface area contributed by atoms with Crippen molar-refractivity contribution in [3.8, 4) is 0 Å². The van der Waals surface area contributed by atoms with Gasteiger partial charge in [0.05, 0.1) is 5.56 Å². The van der Waals surface area contributed by atoms with Crippen LogP contribution in [0.15, 0.2) is 12.1 Å². The first kappa shape index (κ1) is 14.9. The first-order valence-corrected chi connectivity index (χ1v) is 5.64. The highest BCUT2D eigenvalue weighted by Crippen LogP contribution is 2.22. The summed E-state index contributed by atoms with van der Waals surface area (Å²) < 4.78 is 18.8. The molecule has 104 valence electrons. The second-order valence-electron chi connectivity index (χ2n) is 5.03. The van der Waals surface area contributed by atoms with Gasteiger partial charge in [-0.3, -0.25) is 5.32 Å².